The van der Waals surface area contributed by atoms with Crippen molar-refractivity contribution in [2.75, 3.05) is 31.6 Å². The van der Waals surface area contributed by atoms with Gasteiger partial charge in [0, 0.05) is 13.1 Å². The van der Waals surface area contributed by atoms with E-state index in [4.69, 9.17) is 5.73 Å². The molecule has 0 bridgehead atoms. The van der Waals surface area contributed by atoms with Crippen LogP contribution in [0.5, 0.6) is 0 Å². The number of carbonyl (C=O) groups excluding carboxylic acids is 2. The number of thioether (sulfide) groups is 1. The zero-order valence-electron chi connectivity index (χ0n) is 15.4. The molecule has 146 valence electrons. The lowest BCUT2D eigenvalue weighted by Gasteiger charge is -2.32. The number of likely N-dealkylation sites (tertiary alicyclic amines) is 1. The van der Waals surface area contributed by atoms with Gasteiger partial charge in [-0.1, -0.05) is 30.3 Å². The molecule has 5 nitrogen and oxygen atoms in total. The molecule has 1 saturated heterocycles. The average Bonchev–Trinajstić information content (AvgIpc) is 2.65. The smallest absolute Gasteiger partial charge is 0.241 e. The highest BCUT2D eigenvalue weighted by molar-refractivity contribution is 7.98. The first-order valence-electron chi connectivity index (χ1n) is 8.94. The van der Waals surface area contributed by atoms with Crippen LogP contribution in [0.4, 0.5) is 0 Å². The van der Waals surface area contributed by atoms with Crippen molar-refractivity contribution in [1.29, 1.82) is 0 Å². The monoisotopic (exact) mass is 399 g/mol. The van der Waals surface area contributed by atoms with E-state index in [9.17, 15) is 9.59 Å². The summed E-state index contributed by atoms with van der Waals surface area (Å²) in [5.41, 5.74) is 7.17. The van der Waals surface area contributed by atoms with Crippen LogP contribution >= 0.6 is 24.2 Å². The van der Waals surface area contributed by atoms with E-state index in [0.717, 1.165) is 38.1 Å². The second-order valence-electron chi connectivity index (χ2n) is 6.62. The predicted octanol–water partition coefficient (Wildman–Crippen LogP) is 2.09. The van der Waals surface area contributed by atoms with Crippen LogP contribution in [0.3, 0.4) is 0 Å². The standard InChI is InChI=1S/C19H29N3O2S.ClH/c1-25-12-9-17(20)19(24)21-14-18(23)22-10-7-16(8-11-22)13-15-5-3-2-4-6-15;/h2-6,16-17H,7-14,20H2,1H3,(H,21,24);1H/t17-;/m0./s1. The van der Waals surface area contributed by atoms with Crippen molar-refractivity contribution >= 4 is 36.0 Å². The van der Waals surface area contributed by atoms with Gasteiger partial charge in [0.25, 0.3) is 0 Å². The summed E-state index contributed by atoms with van der Waals surface area (Å²) in [5.74, 6) is 1.23. The van der Waals surface area contributed by atoms with Gasteiger partial charge in [-0.25, -0.2) is 0 Å². The van der Waals surface area contributed by atoms with Crippen LogP contribution in [0.25, 0.3) is 0 Å². The van der Waals surface area contributed by atoms with Gasteiger partial charge in [0.2, 0.25) is 11.8 Å². The fourth-order valence-electron chi connectivity index (χ4n) is 3.12. The third kappa shape index (κ3) is 7.56. The molecular weight excluding hydrogens is 370 g/mol. The minimum atomic E-state index is -0.531. The largest absolute Gasteiger partial charge is 0.346 e. The number of hydrogen-bond donors (Lipinski definition) is 2. The van der Waals surface area contributed by atoms with Gasteiger partial charge in [-0.3, -0.25) is 9.59 Å². The highest BCUT2D eigenvalue weighted by atomic mass is 35.5. The summed E-state index contributed by atoms with van der Waals surface area (Å²) in [4.78, 5) is 26.0. The van der Waals surface area contributed by atoms with Crippen molar-refractivity contribution in [3.63, 3.8) is 0 Å². The van der Waals surface area contributed by atoms with Crippen LogP contribution in [0.1, 0.15) is 24.8 Å². The Morgan fingerprint density at radius 2 is 1.92 bits per heavy atom. The van der Waals surface area contributed by atoms with Crippen LogP contribution in [-0.4, -0.2) is 54.4 Å². The van der Waals surface area contributed by atoms with E-state index >= 15 is 0 Å². The van der Waals surface area contributed by atoms with Gasteiger partial charge in [0.05, 0.1) is 12.6 Å². The topological polar surface area (TPSA) is 75.4 Å². The van der Waals surface area contributed by atoms with Gasteiger partial charge >= 0.3 is 0 Å². The van der Waals surface area contributed by atoms with Crippen LogP contribution in [-0.2, 0) is 16.0 Å². The van der Waals surface area contributed by atoms with E-state index in [1.165, 1.54) is 5.56 Å². The van der Waals surface area contributed by atoms with Gasteiger partial charge < -0.3 is 16.0 Å². The number of rotatable bonds is 8. The third-order valence-electron chi connectivity index (χ3n) is 4.72. The molecular formula is C19H30ClN3O2S. The molecule has 7 heteroatoms. The molecule has 1 atom stereocenters. The number of nitrogens with one attached hydrogen (secondary N) is 1. The molecule has 1 heterocycles. The van der Waals surface area contributed by atoms with Crippen LogP contribution in [0.2, 0.25) is 0 Å². The third-order valence-corrected chi connectivity index (χ3v) is 5.36. The summed E-state index contributed by atoms with van der Waals surface area (Å²) >= 11 is 1.66. The molecule has 1 aliphatic heterocycles. The molecule has 2 rings (SSSR count). The van der Waals surface area contributed by atoms with Gasteiger partial charge in [0.1, 0.15) is 0 Å². The Bertz CT molecular complexity index is 551. The molecule has 0 unspecified atom stereocenters. The molecule has 0 spiro atoms. The average molecular weight is 400 g/mol. The number of hydrogen-bond acceptors (Lipinski definition) is 4. The Morgan fingerprint density at radius 1 is 1.27 bits per heavy atom. The van der Waals surface area contributed by atoms with E-state index in [0.29, 0.717) is 12.3 Å². The summed E-state index contributed by atoms with van der Waals surface area (Å²) in [7, 11) is 0. The molecule has 0 aromatic heterocycles. The Kier molecular flexibility index (Phi) is 10.7. The van der Waals surface area contributed by atoms with Gasteiger partial charge in [-0.15, -0.1) is 12.4 Å². The number of piperidine rings is 1. The number of carbonyl (C=O) groups is 2. The first-order chi connectivity index (χ1) is 12.1. The second-order valence-corrected chi connectivity index (χ2v) is 7.61. The molecule has 1 aliphatic rings. The number of amides is 2. The minimum Gasteiger partial charge on any atom is -0.346 e. The summed E-state index contributed by atoms with van der Waals surface area (Å²) in [5, 5.41) is 2.68. The Morgan fingerprint density at radius 3 is 2.54 bits per heavy atom. The van der Waals surface area contributed by atoms with Crippen LogP contribution < -0.4 is 11.1 Å². The van der Waals surface area contributed by atoms with Crippen molar-refractivity contribution in [1.82, 2.24) is 10.2 Å². The first kappa shape index (κ1) is 22.8. The Balaban J connectivity index is 0.00000338. The lowest BCUT2D eigenvalue weighted by atomic mass is 9.90. The molecule has 1 fully saturated rings. The predicted molar refractivity (Wildman–Crippen MR) is 111 cm³/mol. The Labute approximate surface area is 166 Å². The molecule has 1 aromatic carbocycles. The Hall–Kier alpha value is -1.24. The van der Waals surface area contributed by atoms with E-state index in [2.05, 4.69) is 29.6 Å². The summed E-state index contributed by atoms with van der Waals surface area (Å²) in [6, 6.07) is 9.96. The van der Waals surface area contributed by atoms with E-state index in [1.54, 1.807) is 11.8 Å². The molecule has 1 aromatic rings. The SMILES string of the molecule is CSCC[C@H](N)C(=O)NCC(=O)N1CCC(Cc2ccccc2)CC1.Cl. The maximum atomic E-state index is 12.3. The number of nitrogens with two attached hydrogens (primary N) is 1. The highest BCUT2D eigenvalue weighted by Crippen LogP contribution is 2.21. The maximum absolute atomic E-state index is 12.3. The molecule has 0 radical (unpaired) electrons. The van der Waals surface area contributed by atoms with Crippen molar-refractivity contribution < 1.29 is 9.59 Å². The minimum absolute atomic E-state index is 0. The van der Waals surface area contributed by atoms with Crippen molar-refractivity contribution in [2.24, 2.45) is 11.7 Å². The molecule has 3 N–H and O–H groups in total. The molecule has 2 amide bonds. The van der Waals surface area contributed by atoms with E-state index < -0.39 is 6.04 Å². The second kappa shape index (κ2) is 12.2. The zero-order valence-corrected chi connectivity index (χ0v) is 17.0. The van der Waals surface area contributed by atoms with Gasteiger partial charge in [0.15, 0.2) is 0 Å². The summed E-state index contributed by atoms with van der Waals surface area (Å²) in [6.45, 7) is 1.59. The van der Waals surface area contributed by atoms with Crippen molar-refractivity contribution in [3.05, 3.63) is 35.9 Å². The van der Waals surface area contributed by atoms with Gasteiger partial charge in [-0.05, 0) is 49.2 Å². The van der Waals surface area contributed by atoms with E-state index in [1.807, 2.05) is 17.2 Å². The van der Waals surface area contributed by atoms with E-state index in [-0.39, 0.29) is 30.8 Å². The fraction of sp³-hybridized carbons (Fsp3) is 0.579. The quantitative estimate of drug-likeness (QED) is 0.701. The summed E-state index contributed by atoms with van der Waals surface area (Å²) in [6.07, 6.45) is 5.72. The van der Waals surface area contributed by atoms with Crippen LogP contribution in [0, 0.1) is 5.92 Å². The van der Waals surface area contributed by atoms with Crippen molar-refractivity contribution in [2.45, 2.75) is 31.7 Å². The summed E-state index contributed by atoms with van der Waals surface area (Å²) < 4.78 is 0. The lowest BCUT2D eigenvalue weighted by molar-refractivity contribution is -0.134. The molecule has 0 saturated carbocycles. The molecule has 0 aliphatic carbocycles. The number of benzene rings is 1. The normalized spacial score (nSPS) is 15.8. The van der Waals surface area contributed by atoms with Crippen LogP contribution in [0.15, 0.2) is 30.3 Å². The maximum Gasteiger partial charge on any atom is 0.241 e. The van der Waals surface area contributed by atoms with Crippen molar-refractivity contribution in [3.8, 4) is 0 Å². The number of halogens is 1. The number of nitrogens with zero attached hydrogens (tertiary/aromatic N) is 1. The molecule has 26 heavy (non-hydrogen) atoms. The zero-order chi connectivity index (χ0) is 18.1. The highest BCUT2D eigenvalue weighted by Gasteiger charge is 2.23. The van der Waals surface area contributed by atoms with Gasteiger partial charge in [-0.2, -0.15) is 11.8 Å². The lowest BCUT2D eigenvalue weighted by Crippen LogP contribution is -2.48. The first-order valence-corrected chi connectivity index (χ1v) is 10.3. The fourth-order valence-corrected chi connectivity index (χ4v) is 3.61.